The number of phenols is 1. The Labute approximate surface area is 619 Å². The highest BCUT2D eigenvalue weighted by molar-refractivity contribution is 7.09. The van der Waals surface area contributed by atoms with Gasteiger partial charge in [-0.05, 0) is 134 Å². The first-order valence-corrected chi connectivity index (χ1v) is 37.4. The molecular formula is C77H106N12O15S. The predicted octanol–water partition coefficient (Wildman–Crippen LogP) is 10.2. The number of amides is 10. The third-order valence-corrected chi connectivity index (χ3v) is 20.1. The number of aromatic hydroxyl groups is 1. The number of carbonyl (C=O) groups is 10. The number of hydroxylamine groups is 2. The molecule has 0 bridgehead atoms. The second kappa shape index (κ2) is 40.6. The standard InChI is InChI=1S/C77H106N12O15S/c1-11-13-14-21-39-103-89(74(97)67(48(7)12-2)84-71(95)63-28-19-20-38-87(63)10)64(46(3)4)42-65(104-50(9)90)73-83-62(45-105-73)70(94)81-54(41-51-31-35-55(91)36-32-51)40-49(8)68(92)86-88(77(100)101)43-52-29-33-53(34-30-52)80-69(93)61(27-22-37-79-75(78)98)82-72(96)66(47(5)6)85-76(99)102-44-60-58-25-17-15-23-56(58)57-24-16-18-26-59(57)60/h15-18,23-26,29-36,45-49,54,60-61,63-67,91H,11-14,19-22,27-28,37-44H2,1-10H3,(H,80,93)(H,81,94)(H,82,96)(H,84,95)(H,85,99)(H,86,92)(H,100,101)(H3,78,79,98)/t48-,49-,54+,61-,63+,64+,65+,66-,67-/m0/s1. The van der Waals surface area contributed by atoms with Crippen LogP contribution < -0.4 is 43.1 Å². The van der Waals surface area contributed by atoms with E-state index in [9.17, 15) is 53.4 Å². The summed E-state index contributed by atoms with van der Waals surface area (Å²) in [6, 6.07) is 22.3. The SMILES string of the molecule is CCCCCCON(C(=O)[C@@H](NC(=O)[C@H]1CCCCN1C)[C@@H](C)CC)[C@H](C[C@@H](OC(C)=O)c1nc(C(=O)N[C@@H](Cc2ccc(O)cc2)C[C@H](C)C(=O)NN(Cc2ccc(NC(=O)[C@H](CCCNC(N)=O)NC(=O)[C@@H](NC(=O)OCC3c4ccccc4-c4ccccc43)C(C)C)cc2)C(=O)O)cs1)C(C)C. The minimum absolute atomic E-state index is 0.00577. The quantitative estimate of drug-likeness (QED) is 0.00997. The van der Waals surface area contributed by atoms with Crippen LogP contribution in [0.4, 0.5) is 20.1 Å². The molecule has 105 heavy (non-hydrogen) atoms. The van der Waals surface area contributed by atoms with Crippen molar-refractivity contribution in [3.05, 3.63) is 135 Å². The average Bonchev–Trinajstić information content (AvgIpc) is 1.62. The Morgan fingerprint density at radius 3 is 2.02 bits per heavy atom. The van der Waals surface area contributed by atoms with Gasteiger partial charge in [-0.2, -0.15) is 0 Å². The van der Waals surface area contributed by atoms with Crippen molar-refractivity contribution in [2.75, 3.05) is 38.7 Å². The number of piperidine rings is 1. The van der Waals surface area contributed by atoms with Crippen LogP contribution >= 0.6 is 11.3 Å². The molecule has 11 N–H and O–H groups in total. The van der Waals surface area contributed by atoms with E-state index in [0.29, 0.717) is 35.4 Å². The number of likely N-dealkylation sites (N-methyl/N-ethyl adjacent to an activating group) is 1. The number of fused-ring (bicyclic) bond motifs is 3. The molecule has 9 atom stereocenters. The largest absolute Gasteiger partial charge is 0.508 e. The normalized spacial score (nSPS) is 15.8. The second-order valence-corrected chi connectivity index (χ2v) is 28.9. The van der Waals surface area contributed by atoms with Crippen molar-refractivity contribution in [1.82, 2.24) is 52.0 Å². The lowest BCUT2D eigenvalue weighted by molar-refractivity contribution is -0.213. The van der Waals surface area contributed by atoms with Crippen molar-refractivity contribution < 1.29 is 72.5 Å². The van der Waals surface area contributed by atoms with Crippen molar-refractivity contribution in [1.29, 1.82) is 0 Å². The summed E-state index contributed by atoms with van der Waals surface area (Å²) in [6.07, 6.45) is 3.66. The van der Waals surface area contributed by atoms with Crippen molar-refractivity contribution >= 4 is 76.7 Å². The highest BCUT2D eigenvalue weighted by atomic mass is 32.1. The molecule has 2 aliphatic rings. The summed E-state index contributed by atoms with van der Waals surface area (Å²) in [5.41, 5.74) is 13.2. The number of phenolic OH excluding ortho intramolecular Hbond substituents is 1. The lowest BCUT2D eigenvalue weighted by Gasteiger charge is -2.39. The van der Waals surface area contributed by atoms with E-state index in [1.807, 2.05) is 88.2 Å². The van der Waals surface area contributed by atoms with Gasteiger partial charge in [0.1, 0.15) is 41.2 Å². The third-order valence-electron chi connectivity index (χ3n) is 19.2. The Bertz CT molecular complexity index is 3700. The number of rotatable bonds is 38. The lowest BCUT2D eigenvalue weighted by Crippen LogP contribution is -2.58. The number of urea groups is 1. The molecule has 5 aromatic rings. The number of nitrogens with one attached hydrogen (secondary N) is 7. The summed E-state index contributed by atoms with van der Waals surface area (Å²) in [7, 11) is 1.91. The molecule has 27 nitrogen and oxygen atoms in total. The van der Waals surface area contributed by atoms with Gasteiger partial charge in [0.05, 0.1) is 25.2 Å². The second-order valence-electron chi connectivity index (χ2n) is 28.0. The minimum atomic E-state index is -1.50. The molecule has 1 aliphatic heterocycles. The maximum Gasteiger partial charge on any atom is 0.426 e. The molecule has 0 saturated carbocycles. The molecule has 570 valence electrons. The number of nitrogens with zero attached hydrogens (tertiary/aromatic N) is 4. The molecule has 1 fully saturated rings. The van der Waals surface area contributed by atoms with Crippen LogP contribution in [0.1, 0.15) is 189 Å². The molecule has 10 amide bonds. The third kappa shape index (κ3) is 24.5. The Morgan fingerprint density at radius 2 is 1.41 bits per heavy atom. The van der Waals surface area contributed by atoms with Crippen molar-refractivity contribution in [2.24, 2.45) is 29.4 Å². The first-order valence-electron chi connectivity index (χ1n) is 36.5. The Balaban J connectivity index is 1.00. The number of carboxylic acid groups (broad SMARTS) is 1. The summed E-state index contributed by atoms with van der Waals surface area (Å²) in [5, 5.41) is 41.2. The van der Waals surface area contributed by atoms with Gasteiger partial charge in [0, 0.05) is 48.8 Å². The molecule has 0 radical (unpaired) electrons. The smallest absolute Gasteiger partial charge is 0.426 e. The van der Waals surface area contributed by atoms with E-state index < -0.39 is 102 Å². The highest BCUT2D eigenvalue weighted by Gasteiger charge is 2.41. The first-order chi connectivity index (χ1) is 50.2. The number of unbranched alkanes of at least 4 members (excludes halogenated alkanes) is 3. The van der Waals surface area contributed by atoms with E-state index >= 15 is 4.79 Å². The highest BCUT2D eigenvalue weighted by Crippen LogP contribution is 2.44. The van der Waals surface area contributed by atoms with Gasteiger partial charge in [0.25, 0.3) is 11.8 Å². The molecule has 1 aromatic heterocycles. The van der Waals surface area contributed by atoms with Gasteiger partial charge in [0.2, 0.25) is 23.6 Å². The minimum Gasteiger partial charge on any atom is -0.508 e. The van der Waals surface area contributed by atoms with Crippen LogP contribution in [0.2, 0.25) is 0 Å². The fraction of sp³-hybridized carbons (Fsp3) is 0.519. The van der Waals surface area contributed by atoms with Crippen molar-refractivity contribution in [3.8, 4) is 16.9 Å². The summed E-state index contributed by atoms with van der Waals surface area (Å²) in [4.78, 5) is 149. The molecule has 1 saturated heterocycles. The lowest BCUT2D eigenvalue weighted by atomic mass is 9.93. The number of ether oxygens (including phenoxy) is 2. The number of carbonyl (C=O) groups excluding carboxylic acids is 9. The molecule has 4 aromatic carbocycles. The number of benzene rings is 4. The Kier molecular flexibility index (Phi) is 31.9. The van der Waals surface area contributed by atoms with Crippen LogP contribution in [-0.2, 0) is 56.0 Å². The number of hydrazine groups is 1. The maximum atomic E-state index is 15.1. The summed E-state index contributed by atoms with van der Waals surface area (Å²) in [5.74, 6) is -6.08. The van der Waals surface area contributed by atoms with E-state index in [-0.39, 0.29) is 110 Å². The predicted molar refractivity (Wildman–Crippen MR) is 398 cm³/mol. The van der Waals surface area contributed by atoms with Crippen LogP contribution in [0.15, 0.2) is 102 Å². The number of likely N-dealkylation sites (tertiary alicyclic amines) is 1. The monoisotopic (exact) mass is 1470 g/mol. The van der Waals surface area contributed by atoms with Crippen LogP contribution in [-0.4, -0.2) is 159 Å². The number of primary amides is 1. The average molecular weight is 1470 g/mol. The molecule has 0 spiro atoms. The van der Waals surface area contributed by atoms with E-state index in [2.05, 4.69) is 44.3 Å². The number of hydrogen-bond donors (Lipinski definition) is 10. The number of thiazole rings is 1. The molecule has 28 heteroatoms. The number of aromatic nitrogens is 1. The Morgan fingerprint density at radius 1 is 0.743 bits per heavy atom. The maximum absolute atomic E-state index is 15.1. The molecule has 7 rings (SSSR count). The van der Waals surface area contributed by atoms with Gasteiger partial charge in [0.15, 0.2) is 6.10 Å². The Hall–Kier alpha value is -9.67. The van der Waals surface area contributed by atoms with Crippen LogP contribution in [0.3, 0.4) is 0 Å². The van der Waals surface area contributed by atoms with Crippen LogP contribution in [0, 0.1) is 23.7 Å². The van der Waals surface area contributed by atoms with Crippen LogP contribution in [0.5, 0.6) is 5.75 Å². The van der Waals surface area contributed by atoms with E-state index in [1.165, 1.54) is 53.8 Å². The summed E-state index contributed by atoms with van der Waals surface area (Å²) < 4.78 is 11.7. The van der Waals surface area contributed by atoms with E-state index in [1.54, 1.807) is 32.9 Å². The van der Waals surface area contributed by atoms with E-state index in [4.69, 9.17) is 25.0 Å². The zero-order valence-electron chi connectivity index (χ0n) is 61.9. The molecule has 2 heterocycles. The fourth-order valence-electron chi connectivity index (χ4n) is 13.0. The number of esters is 1. The van der Waals surface area contributed by atoms with Crippen molar-refractivity contribution in [3.63, 3.8) is 0 Å². The van der Waals surface area contributed by atoms with Crippen molar-refractivity contribution in [2.45, 2.75) is 201 Å². The zero-order valence-corrected chi connectivity index (χ0v) is 62.8. The van der Waals surface area contributed by atoms with Gasteiger partial charge >= 0.3 is 24.2 Å². The molecular weight excluding hydrogens is 1360 g/mol. The molecule has 1 aliphatic carbocycles. The van der Waals surface area contributed by atoms with E-state index in [0.717, 1.165) is 72.2 Å². The zero-order chi connectivity index (χ0) is 76.4. The van der Waals surface area contributed by atoms with Crippen LogP contribution in [0.25, 0.3) is 11.1 Å². The van der Waals surface area contributed by atoms with Gasteiger partial charge in [-0.15, -0.1) is 11.3 Å². The topological polar surface area (TPSA) is 372 Å². The van der Waals surface area contributed by atoms with Gasteiger partial charge in [-0.1, -0.05) is 160 Å². The molecule has 0 unspecified atom stereocenters. The number of anilines is 1. The summed E-state index contributed by atoms with van der Waals surface area (Å²) >= 11 is 1.08. The number of nitrogens with two attached hydrogens (primary N) is 1. The number of hydrogen-bond acceptors (Lipinski definition) is 17. The fourth-order valence-corrected chi connectivity index (χ4v) is 13.9. The first kappa shape index (κ1) is 82.6. The van der Waals surface area contributed by atoms with Gasteiger partial charge in [-0.25, -0.2) is 29.4 Å². The summed E-state index contributed by atoms with van der Waals surface area (Å²) in [6.45, 7) is 16.8. The van der Waals surface area contributed by atoms with Gasteiger partial charge < -0.3 is 57.3 Å². The number of alkyl carbamates (subject to hydrolysis) is 1. The van der Waals surface area contributed by atoms with Gasteiger partial charge in [-0.3, -0.25) is 48.7 Å².